The molecule has 4 aliphatic heterocycles. The fourth-order valence-electron chi connectivity index (χ4n) is 9.70. The third-order valence-corrected chi connectivity index (χ3v) is 13.0. The maximum atomic E-state index is 14.1. The highest BCUT2D eigenvalue weighted by molar-refractivity contribution is 6.14. The molecule has 4 heterocycles. The zero-order valence-electron chi connectivity index (χ0n) is 36.9. The SMILES string of the molecule is O=C1c2ccccc2C(c2ccc(O)cc2)(c2ccc(O)cc2)N1c1ccccc1.O=C1c2ccccc2C(c2ccc(OCC3CO3)cc2)(c2ccc(OCC3CO3)cc2)N1c1ccccc1. The summed E-state index contributed by atoms with van der Waals surface area (Å²) in [6.07, 6.45) is 0.363. The largest absolute Gasteiger partial charge is 0.508 e. The molecule has 336 valence electrons. The van der Waals surface area contributed by atoms with Crippen LogP contribution in [0.15, 0.2) is 206 Å². The van der Waals surface area contributed by atoms with Gasteiger partial charge in [-0.1, -0.05) is 121 Å². The van der Waals surface area contributed by atoms with E-state index in [2.05, 4.69) is 30.3 Å². The predicted octanol–water partition coefficient (Wildman–Crippen LogP) is 10.2. The number of hydrogen-bond acceptors (Lipinski definition) is 8. The maximum absolute atomic E-state index is 14.1. The molecule has 10 heteroatoms. The van der Waals surface area contributed by atoms with Crippen molar-refractivity contribution in [1.82, 2.24) is 0 Å². The van der Waals surface area contributed by atoms with Crippen LogP contribution in [0.25, 0.3) is 0 Å². The molecule has 2 amide bonds. The standard InChI is InChI=1S/C32H27NO5.C26H19NO3/c34-31-29-8-4-5-9-30(29)32(33(31)24-6-2-1-3-7-24,22-10-14-25(15-11-22)35-18-27-20-37-27)23-12-16-26(17-13-23)36-19-28-21-38-28;28-21-14-10-18(11-15-21)26(19-12-16-22(29)17-13-19)24-9-5-4-8-23(24)25(30)27(26)20-6-2-1-3-7-20/h1-17,27-28H,18-21H2;1-17,28-29H. The predicted molar refractivity (Wildman–Crippen MR) is 259 cm³/mol. The second kappa shape index (κ2) is 17.6. The first-order valence-electron chi connectivity index (χ1n) is 22.6. The van der Waals surface area contributed by atoms with Gasteiger partial charge < -0.3 is 29.2 Å². The average molecular weight is 899 g/mol. The Labute approximate surface area is 393 Å². The second-order valence-electron chi connectivity index (χ2n) is 17.1. The average Bonchev–Trinajstić information content (AvgIpc) is 4.34. The molecule has 2 unspecified atom stereocenters. The summed E-state index contributed by atoms with van der Waals surface area (Å²) in [5.41, 5.74) is 6.49. The van der Waals surface area contributed by atoms with Crippen LogP contribution in [-0.4, -0.2) is 60.7 Å². The summed E-state index contributed by atoms with van der Waals surface area (Å²) >= 11 is 0. The van der Waals surface area contributed by atoms with E-state index in [9.17, 15) is 19.8 Å². The number of phenolic OH excluding ortho intramolecular Hbond substituents is 2. The number of nitrogens with zero attached hydrogens (tertiary/aromatic N) is 2. The van der Waals surface area contributed by atoms with Gasteiger partial charge in [0.2, 0.25) is 0 Å². The normalized spacial score (nSPS) is 19.4. The lowest BCUT2D eigenvalue weighted by Crippen LogP contribution is -2.46. The first-order valence-corrected chi connectivity index (χ1v) is 22.6. The number of para-hydroxylation sites is 2. The Balaban J connectivity index is 0.000000153. The lowest BCUT2D eigenvalue weighted by Gasteiger charge is -2.40. The number of aromatic hydroxyl groups is 2. The van der Waals surface area contributed by atoms with Gasteiger partial charge in [0.25, 0.3) is 11.8 Å². The second-order valence-corrected chi connectivity index (χ2v) is 17.1. The summed E-state index contributed by atoms with van der Waals surface area (Å²) in [6.45, 7) is 2.57. The van der Waals surface area contributed by atoms with Crippen molar-refractivity contribution in [3.8, 4) is 23.0 Å². The molecule has 2 N–H and O–H groups in total. The number of benzene rings is 8. The monoisotopic (exact) mass is 898 g/mol. The van der Waals surface area contributed by atoms with Gasteiger partial charge >= 0.3 is 0 Å². The summed E-state index contributed by atoms with van der Waals surface area (Å²) < 4.78 is 22.4. The zero-order valence-corrected chi connectivity index (χ0v) is 36.9. The molecule has 2 atom stereocenters. The summed E-state index contributed by atoms with van der Waals surface area (Å²) in [7, 11) is 0. The number of amides is 2. The van der Waals surface area contributed by atoms with Crippen LogP contribution in [0.4, 0.5) is 11.4 Å². The van der Waals surface area contributed by atoms with Gasteiger partial charge in [0.15, 0.2) is 0 Å². The smallest absolute Gasteiger partial charge is 0.260 e. The highest BCUT2D eigenvalue weighted by Crippen LogP contribution is 2.53. The van der Waals surface area contributed by atoms with Crippen LogP contribution < -0.4 is 19.3 Å². The number of carbonyl (C=O) groups excluding carboxylic acids is 2. The number of phenols is 2. The summed E-state index contributed by atoms with van der Waals surface area (Å²) in [5, 5.41) is 19.8. The van der Waals surface area contributed by atoms with Crippen molar-refractivity contribution in [2.45, 2.75) is 23.3 Å². The van der Waals surface area contributed by atoms with Gasteiger partial charge in [-0.15, -0.1) is 0 Å². The topological polar surface area (TPSA) is 125 Å². The fourth-order valence-corrected chi connectivity index (χ4v) is 9.70. The van der Waals surface area contributed by atoms with Crippen molar-refractivity contribution < 1.29 is 38.7 Å². The van der Waals surface area contributed by atoms with E-state index in [1.54, 1.807) is 29.2 Å². The van der Waals surface area contributed by atoms with E-state index >= 15 is 0 Å². The summed E-state index contributed by atoms with van der Waals surface area (Å²) in [6, 6.07) is 64.9. The van der Waals surface area contributed by atoms with E-state index in [-0.39, 0.29) is 35.5 Å². The molecule has 68 heavy (non-hydrogen) atoms. The number of ether oxygens (including phenoxy) is 4. The van der Waals surface area contributed by atoms with Gasteiger partial charge in [-0.25, -0.2) is 0 Å². The Hall–Kier alpha value is -8.18. The molecule has 0 radical (unpaired) electrons. The van der Waals surface area contributed by atoms with Crippen molar-refractivity contribution in [3.63, 3.8) is 0 Å². The number of hydrogen-bond donors (Lipinski definition) is 2. The molecule has 0 aliphatic carbocycles. The van der Waals surface area contributed by atoms with Crippen molar-refractivity contribution in [3.05, 3.63) is 251 Å². The van der Waals surface area contributed by atoms with E-state index in [1.165, 1.54) is 0 Å². The van der Waals surface area contributed by atoms with Crippen LogP contribution in [-0.2, 0) is 20.6 Å². The van der Waals surface area contributed by atoms with Crippen LogP contribution in [0.5, 0.6) is 23.0 Å². The third-order valence-electron chi connectivity index (χ3n) is 13.0. The molecule has 0 spiro atoms. The molecule has 2 fully saturated rings. The van der Waals surface area contributed by atoms with Gasteiger partial charge in [-0.3, -0.25) is 19.4 Å². The van der Waals surface area contributed by atoms with E-state index in [0.29, 0.717) is 24.3 Å². The first-order chi connectivity index (χ1) is 33.3. The number of anilines is 2. The Morgan fingerprint density at radius 3 is 1.07 bits per heavy atom. The van der Waals surface area contributed by atoms with Crippen molar-refractivity contribution in [1.29, 1.82) is 0 Å². The minimum Gasteiger partial charge on any atom is -0.508 e. The molecule has 8 aromatic carbocycles. The molecule has 10 nitrogen and oxygen atoms in total. The van der Waals surface area contributed by atoms with Gasteiger partial charge in [-0.05, 0) is 118 Å². The summed E-state index contributed by atoms with van der Waals surface area (Å²) in [5.74, 6) is 1.72. The molecule has 0 bridgehead atoms. The Morgan fingerprint density at radius 1 is 0.426 bits per heavy atom. The molecule has 0 aromatic heterocycles. The van der Waals surface area contributed by atoms with Crippen LogP contribution in [0.3, 0.4) is 0 Å². The van der Waals surface area contributed by atoms with Gasteiger partial charge in [0.05, 0.1) is 13.2 Å². The van der Waals surface area contributed by atoms with Crippen molar-refractivity contribution in [2.24, 2.45) is 0 Å². The van der Waals surface area contributed by atoms with E-state index in [1.807, 2.05) is 157 Å². The highest BCUT2D eigenvalue weighted by atomic mass is 16.6. The van der Waals surface area contributed by atoms with Crippen molar-refractivity contribution >= 4 is 23.2 Å². The third kappa shape index (κ3) is 7.49. The molecule has 0 saturated carbocycles. The van der Waals surface area contributed by atoms with Crippen LogP contribution in [0.1, 0.15) is 54.1 Å². The lowest BCUT2D eigenvalue weighted by molar-refractivity contribution is 0.0978. The van der Waals surface area contributed by atoms with E-state index in [4.69, 9.17) is 18.9 Å². The van der Waals surface area contributed by atoms with Gasteiger partial charge in [-0.2, -0.15) is 0 Å². The van der Waals surface area contributed by atoms with Crippen LogP contribution >= 0.6 is 0 Å². The lowest BCUT2D eigenvalue weighted by atomic mass is 9.76. The van der Waals surface area contributed by atoms with Gasteiger partial charge in [0, 0.05) is 22.5 Å². The molecule has 4 aliphatic rings. The van der Waals surface area contributed by atoms with Crippen molar-refractivity contribution in [2.75, 3.05) is 36.2 Å². The van der Waals surface area contributed by atoms with E-state index in [0.717, 1.165) is 69.5 Å². The zero-order chi connectivity index (χ0) is 46.2. The number of rotatable bonds is 12. The molecule has 12 rings (SSSR count). The van der Waals surface area contributed by atoms with Crippen LogP contribution in [0, 0.1) is 0 Å². The molecular weight excluding hydrogens is 853 g/mol. The minimum atomic E-state index is -0.948. The Morgan fingerprint density at radius 2 is 0.735 bits per heavy atom. The highest BCUT2D eigenvalue weighted by Gasteiger charge is 2.54. The Kier molecular flexibility index (Phi) is 11.0. The van der Waals surface area contributed by atoms with E-state index < -0.39 is 11.1 Å². The molecule has 2 saturated heterocycles. The quantitative estimate of drug-likeness (QED) is 0.116. The summed E-state index contributed by atoms with van der Waals surface area (Å²) in [4.78, 5) is 31.5. The minimum absolute atomic E-state index is 0.0378. The van der Waals surface area contributed by atoms with Crippen LogP contribution in [0.2, 0.25) is 0 Å². The molecular formula is C58H46N2O8. The number of epoxide rings is 2. The number of fused-ring (bicyclic) bond motifs is 2. The molecule has 8 aromatic rings. The number of carbonyl (C=O) groups is 2. The Bertz CT molecular complexity index is 2980. The maximum Gasteiger partial charge on any atom is 0.260 e. The van der Waals surface area contributed by atoms with Gasteiger partial charge in [0.1, 0.15) is 59.5 Å². The first kappa shape index (κ1) is 42.5. The fraction of sp³-hybridized carbons (Fsp3) is 0.138.